The Labute approximate surface area is 152 Å². The first kappa shape index (κ1) is 19.9. The van der Waals surface area contributed by atoms with Crippen LogP contribution in [0.3, 0.4) is 0 Å². The van der Waals surface area contributed by atoms with Crippen LogP contribution in [-0.2, 0) is 14.8 Å². The molecule has 0 saturated heterocycles. The van der Waals surface area contributed by atoms with Gasteiger partial charge in [0.05, 0.1) is 12.8 Å². The summed E-state index contributed by atoms with van der Waals surface area (Å²) in [6, 6.07) is 10.7. The Hall–Kier alpha value is -2.45. The molecule has 0 radical (unpaired) electrons. The van der Waals surface area contributed by atoms with Gasteiger partial charge in [0.2, 0.25) is 15.9 Å². The van der Waals surface area contributed by atoms with Crippen molar-refractivity contribution >= 4 is 21.6 Å². The number of carbonyl (C=O) groups excluding carboxylic acids is 1. The van der Waals surface area contributed by atoms with Crippen molar-refractivity contribution < 1.29 is 22.3 Å². The molecule has 0 unspecified atom stereocenters. The van der Waals surface area contributed by atoms with E-state index < -0.39 is 15.8 Å². The molecular weight excluding hydrogens is 359 g/mol. The number of sulfonamides is 1. The molecular formula is C18H21FN2O4S. The number of methoxy groups -OCH3 is 1. The summed E-state index contributed by atoms with van der Waals surface area (Å²) in [7, 11) is -2.46. The van der Waals surface area contributed by atoms with Gasteiger partial charge in [0.25, 0.3) is 0 Å². The molecule has 2 rings (SSSR count). The van der Waals surface area contributed by atoms with Gasteiger partial charge < -0.3 is 9.64 Å². The van der Waals surface area contributed by atoms with E-state index in [4.69, 9.17) is 4.74 Å². The fourth-order valence-corrected chi connectivity index (χ4v) is 3.75. The van der Waals surface area contributed by atoms with Gasteiger partial charge in [0.1, 0.15) is 16.5 Å². The summed E-state index contributed by atoms with van der Waals surface area (Å²) < 4.78 is 46.6. The third-order valence-electron chi connectivity index (χ3n) is 3.76. The van der Waals surface area contributed by atoms with Crippen molar-refractivity contribution in [2.24, 2.45) is 0 Å². The van der Waals surface area contributed by atoms with Crippen molar-refractivity contribution in [3.05, 3.63) is 53.8 Å². The monoisotopic (exact) mass is 380 g/mol. The highest BCUT2D eigenvalue weighted by atomic mass is 32.2. The topological polar surface area (TPSA) is 75.7 Å². The number of aryl methyl sites for hydroxylation is 1. The van der Waals surface area contributed by atoms with E-state index in [0.29, 0.717) is 0 Å². The van der Waals surface area contributed by atoms with Crippen molar-refractivity contribution in [3.63, 3.8) is 0 Å². The number of ether oxygens (including phenoxy) is 1. The molecule has 0 aliphatic heterocycles. The minimum Gasteiger partial charge on any atom is -0.495 e. The van der Waals surface area contributed by atoms with Gasteiger partial charge in [0, 0.05) is 20.0 Å². The first-order chi connectivity index (χ1) is 12.3. The molecule has 2 aromatic carbocycles. The molecule has 1 N–H and O–H groups in total. The SMILES string of the molecule is COc1ccc(C)cc1S(=O)(=O)NCCN(C(C)=O)c1ccccc1F. The Morgan fingerprint density at radius 2 is 1.92 bits per heavy atom. The average molecular weight is 380 g/mol. The van der Waals surface area contributed by atoms with Crippen LogP contribution in [0, 0.1) is 12.7 Å². The summed E-state index contributed by atoms with van der Waals surface area (Å²) in [5, 5.41) is 0. The van der Waals surface area contributed by atoms with Crippen molar-refractivity contribution in [1.82, 2.24) is 4.72 Å². The highest BCUT2D eigenvalue weighted by molar-refractivity contribution is 7.89. The number of anilines is 1. The zero-order valence-corrected chi connectivity index (χ0v) is 15.6. The average Bonchev–Trinajstić information content (AvgIpc) is 2.59. The fourth-order valence-electron chi connectivity index (χ4n) is 2.48. The van der Waals surface area contributed by atoms with E-state index in [9.17, 15) is 17.6 Å². The van der Waals surface area contributed by atoms with E-state index in [0.717, 1.165) is 5.56 Å². The number of carbonyl (C=O) groups is 1. The maximum absolute atomic E-state index is 13.9. The summed E-state index contributed by atoms with van der Waals surface area (Å²) >= 11 is 0. The zero-order valence-electron chi connectivity index (χ0n) is 14.8. The number of hydrogen-bond acceptors (Lipinski definition) is 4. The lowest BCUT2D eigenvalue weighted by atomic mass is 10.2. The van der Waals surface area contributed by atoms with Crippen LogP contribution in [0.2, 0.25) is 0 Å². The molecule has 0 bridgehead atoms. The predicted molar refractivity (Wildman–Crippen MR) is 97.3 cm³/mol. The molecule has 1 amide bonds. The van der Waals surface area contributed by atoms with Crippen molar-refractivity contribution in [2.75, 3.05) is 25.1 Å². The maximum atomic E-state index is 13.9. The molecule has 0 spiro atoms. The Kier molecular flexibility index (Phi) is 6.33. The van der Waals surface area contributed by atoms with Gasteiger partial charge in [0.15, 0.2) is 0 Å². The smallest absolute Gasteiger partial charge is 0.244 e. The van der Waals surface area contributed by atoms with Crippen molar-refractivity contribution in [2.45, 2.75) is 18.7 Å². The summed E-state index contributed by atoms with van der Waals surface area (Å²) in [5.74, 6) is -0.714. The first-order valence-electron chi connectivity index (χ1n) is 7.93. The van der Waals surface area contributed by atoms with E-state index in [1.54, 1.807) is 25.1 Å². The van der Waals surface area contributed by atoms with Crippen LogP contribution in [0.5, 0.6) is 5.75 Å². The standard InChI is InChI=1S/C18H21FN2O4S/c1-13-8-9-17(25-3)18(12-13)26(23,24)20-10-11-21(14(2)22)16-7-5-4-6-15(16)19/h4-9,12,20H,10-11H2,1-3H3. The third-order valence-corrected chi connectivity index (χ3v) is 5.24. The highest BCUT2D eigenvalue weighted by Crippen LogP contribution is 2.24. The van der Waals surface area contributed by atoms with Gasteiger partial charge in [-0.1, -0.05) is 18.2 Å². The number of benzene rings is 2. The maximum Gasteiger partial charge on any atom is 0.244 e. The minimum atomic E-state index is -3.85. The van der Waals surface area contributed by atoms with E-state index in [1.807, 2.05) is 0 Å². The van der Waals surface area contributed by atoms with Gasteiger partial charge in [-0.25, -0.2) is 17.5 Å². The Bertz CT molecular complexity index is 900. The summed E-state index contributed by atoms with van der Waals surface area (Å²) in [5.41, 5.74) is 0.871. The fraction of sp³-hybridized carbons (Fsp3) is 0.278. The molecule has 0 atom stereocenters. The lowest BCUT2D eigenvalue weighted by Crippen LogP contribution is -2.38. The Balaban J connectivity index is 2.16. The van der Waals surface area contributed by atoms with Crippen LogP contribution in [0.15, 0.2) is 47.4 Å². The molecule has 0 aromatic heterocycles. The number of para-hydroxylation sites is 1. The summed E-state index contributed by atoms with van der Waals surface area (Å²) in [6.07, 6.45) is 0. The van der Waals surface area contributed by atoms with E-state index in [2.05, 4.69) is 4.72 Å². The molecule has 140 valence electrons. The lowest BCUT2D eigenvalue weighted by molar-refractivity contribution is -0.116. The molecule has 2 aromatic rings. The number of halogens is 1. The Morgan fingerprint density at radius 3 is 2.54 bits per heavy atom. The molecule has 6 nitrogen and oxygen atoms in total. The second-order valence-corrected chi connectivity index (χ2v) is 7.41. The lowest BCUT2D eigenvalue weighted by Gasteiger charge is -2.22. The molecule has 0 fully saturated rings. The minimum absolute atomic E-state index is 0.0103. The number of rotatable bonds is 7. The third kappa shape index (κ3) is 4.59. The van der Waals surface area contributed by atoms with Crippen molar-refractivity contribution in [3.8, 4) is 5.75 Å². The highest BCUT2D eigenvalue weighted by Gasteiger charge is 2.21. The van der Waals surface area contributed by atoms with Crippen LogP contribution in [0.4, 0.5) is 10.1 Å². The predicted octanol–water partition coefficient (Wildman–Crippen LogP) is 2.47. The largest absolute Gasteiger partial charge is 0.495 e. The molecule has 26 heavy (non-hydrogen) atoms. The number of hydrogen-bond donors (Lipinski definition) is 1. The number of amides is 1. The normalized spacial score (nSPS) is 11.2. The molecule has 0 heterocycles. The van der Waals surface area contributed by atoms with Gasteiger partial charge in [-0.15, -0.1) is 0 Å². The molecule has 0 aliphatic carbocycles. The van der Waals surface area contributed by atoms with Gasteiger partial charge in [-0.3, -0.25) is 4.79 Å². The number of nitrogens with one attached hydrogen (secondary N) is 1. The van der Waals surface area contributed by atoms with Gasteiger partial charge in [-0.05, 0) is 36.8 Å². The van der Waals surface area contributed by atoms with Crippen LogP contribution >= 0.6 is 0 Å². The second kappa shape index (κ2) is 8.29. The van der Waals surface area contributed by atoms with E-state index in [1.165, 1.54) is 43.2 Å². The van der Waals surface area contributed by atoms with Gasteiger partial charge in [-0.2, -0.15) is 0 Å². The van der Waals surface area contributed by atoms with Crippen LogP contribution in [-0.4, -0.2) is 34.5 Å². The number of nitrogens with zero attached hydrogens (tertiary/aromatic N) is 1. The van der Waals surface area contributed by atoms with Crippen LogP contribution in [0.25, 0.3) is 0 Å². The molecule has 8 heteroatoms. The Morgan fingerprint density at radius 1 is 1.23 bits per heavy atom. The molecule has 0 aliphatic rings. The second-order valence-electron chi connectivity index (χ2n) is 5.67. The van der Waals surface area contributed by atoms with E-state index in [-0.39, 0.29) is 35.3 Å². The summed E-state index contributed by atoms with van der Waals surface area (Å²) in [4.78, 5) is 13.0. The molecule has 0 saturated carbocycles. The van der Waals surface area contributed by atoms with Gasteiger partial charge >= 0.3 is 0 Å². The van der Waals surface area contributed by atoms with Crippen LogP contribution < -0.4 is 14.4 Å². The van der Waals surface area contributed by atoms with E-state index >= 15 is 0 Å². The zero-order chi connectivity index (χ0) is 19.3. The van der Waals surface area contributed by atoms with Crippen LogP contribution in [0.1, 0.15) is 12.5 Å². The first-order valence-corrected chi connectivity index (χ1v) is 9.41. The quantitative estimate of drug-likeness (QED) is 0.801. The van der Waals surface area contributed by atoms with Crippen molar-refractivity contribution in [1.29, 1.82) is 0 Å². The summed E-state index contributed by atoms with van der Waals surface area (Å²) in [6.45, 7) is 2.98.